The van der Waals surface area contributed by atoms with E-state index in [1.165, 1.54) is 30.3 Å². The van der Waals surface area contributed by atoms with Crippen molar-refractivity contribution in [3.8, 4) is 11.1 Å². The molecule has 0 aliphatic heterocycles. The van der Waals surface area contributed by atoms with Crippen molar-refractivity contribution in [2.24, 2.45) is 0 Å². The Morgan fingerprint density at radius 1 is 0.893 bits per heavy atom. The number of nitrogens with zero attached hydrogens (tertiary/aromatic N) is 1. The summed E-state index contributed by atoms with van der Waals surface area (Å²) in [6.45, 7) is 0. The molecule has 10 heteroatoms. The Kier molecular flexibility index (Phi) is 5.16. The lowest BCUT2D eigenvalue weighted by Crippen LogP contribution is -2.14. The number of carbonyl (C=O) groups excluding carboxylic acids is 1. The lowest BCUT2D eigenvalue weighted by atomic mass is 9.98. The predicted molar refractivity (Wildman–Crippen MR) is 91.9 cm³/mol. The van der Waals surface area contributed by atoms with Gasteiger partial charge in [0.25, 0.3) is 5.91 Å². The molecule has 1 heterocycles. The highest BCUT2D eigenvalue weighted by Crippen LogP contribution is 2.33. The summed E-state index contributed by atoms with van der Waals surface area (Å²) in [7, 11) is 0. The molecule has 0 saturated carbocycles. The molecule has 0 aliphatic rings. The Morgan fingerprint density at radius 3 is 2.11 bits per heavy atom. The molecule has 0 unspecified atom stereocenters. The highest BCUT2D eigenvalue weighted by Gasteiger charge is 2.34. The second-order valence-corrected chi connectivity index (χ2v) is 6.47. The van der Waals surface area contributed by atoms with Crippen LogP contribution in [0.2, 0.25) is 0 Å². The maximum atomic E-state index is 12.7. The van der Waals surface area contributed by atoms with Crippen LogP contribution in [0, 0.1) is 0 Å². The molecule has 1 N–H and O–H groups in total. The van der Waals surface area contributed by atoms with Crippen LogP contribution < -0.4 is 5.32 Å². The van der Waals surface area contributed by atoms with Crippen molar-refractivity contribution in [1.82, 2.24) is 4.98 Å². The molecule has 0 fully saturated rings. The standard InChI is InChI=1S/C18H10F6N2OS/c19-17(20,21)11-7-5-10(6-8-11)12-3-1-2-4-13(12)15(27)26-16-25-14(9-28-16)18(22,23)24/h1-9H,(H,25,26,27). The van der Waals surface area contributed by atoms with E-state index in [2.05, 4.69) is 10.3 Å². The number of hydrogen-bond donors (Lipinski definition) is 1. The molecule has 0 spiro atoms. The van der Waals surface area contributed by atoms with Crippen LogP contribution in [0.1, 0.15) is 21.6 Å². The lowest BCUT2D eigenvalue weighted by molar-refractivity contribution is -0.140. The van der Waals surface area contributed by atoms with Crippen LogP contribution in [0.5, 0.6) is 0 Å². The molecule has 146 valence electrons. The summed E-state index contributed by atoms with van der Waals surface area (Å²) >= 11 is 0.618. The summed E-state index contributed by atoms with van der Waals surface area (Å²) in [5.41, 5.74) is -1.18. The Hall–Kier alpha value is -2.88. The molecule has 28 heavy (non-hydrogen) atoms. The van der Waals surface area contributed by atoms with Gasteiger partial charge in [-0.05, 0) is 29.3 Å². The minimum atomic E-state index is -4.63. The van der Waals surface area contributed by atoms with Crippen LogP contribution in [0.15, 0.2) is 53.9 Å². The second-order valence-electron chi connectivity index (χ2n) is 5.61. The third kappa shape index (κ3) is 4.33. The van der Waals surface area contributed by atoms with E-state index in [0.29, 0.717) is 22.5 Å². The zero-order valence-electron chi connectivity index (χ0n) is 13.7. The van der Waals surface area contributed by atoms with Gasteiger partial charge in [0, 0.05) is 10.9 Å². The normalized spacial score (nSPS) is 12.1. The first kappa shape index (κ1) is 19.9. The first-order valence-corrected chi connectivity index (χ1v) is 8.54. The maximum Gasteiger partial charge on any atom is 0.434 e. The van der Waals surface area contributed by atoms with Crippen molar-refractivity contribution in [3.63, 3.8) is 0 Å². The highest BCUT2D eigenvalue weighted by molar-refractivity contribution is 7.14. The summed E-state index contributed by atoms with van der Waals surface area (Å²) < 4.78 is 76.0. The van der Waals surface area contributed by atoms with E-state index in [1.807, 2.05) is 0 Å². The van der Waals surface area contributed by atoms with Crippen LogP contribution in [0.25, 0.3) is 11.1 Å². The molecule has 3 nitrogen and oxygen atoms in total. The Labute approximate surface area is 158 Å². The van der Waals surface area contributed by atoms with Crippen molar-refractivity contribution >= 4 is 22.4 Å². The SMILES string of the molecule is O=C(Nc1nc(C(F)(F)F)cs1)c1ccccc1-c1ccc(C(F)(F)F)cc1. The van der Waals surface area contributed by atoms with Gasteiger partial charge in [-0.15, -0.1) is 11.3 Å². The maximum absolute atomic E-state index is 12.7. The minimum Gasteiger partial charge on any atom is -0.298 e. The lowest BCUT2D eigenvalue weighted by Gasteiger charge is -2.11. The topological polar surface area (TPSA) is 42.0 Å². The van der Waals surface area contributed by atoms with Crippen molar-refractivity contribution in [3.05, 3.63) is 70.7 Å². The summed E-state index contributed by atoms with van der Waals surface area (Å²) in [6.07, 6.45) is -9.12. The van der Waals surface area contributed by atoms with E-state index < -0.39 is 29.5 Å². The molecule has 1 aromatic heterocycles. The Balaban J connectivity index is 1.87. The molecular weight excluding hydrogens is 406 g/mol. The smallest absolute Gasteiger partial charge is 0.298 e. The largest absolute Gasteiger partial charge is 0.434 e. The van der Waals surface area contributed by atoms with Crippen molar-refractivity contribution in [2.45, 2.75) is 12.4 Å². The van der Waals surface area contributed by atoms with Gasteiger partial charge in [0.1, 0.15) is 0 Å². The fraction of sp³-hybridized carbons (Fsp3) is 0.111. The quantitative estimate of drug-likeness (QED) is 0.524. The number of hydrogen-bond acceptors (Lipinski definition) is 3. The average Bonchev–Trinajstić information content (AvgIpc) is 3.10. The number of nitrogens with one attached hydrogen (secondary N) is 1. The summed E-state index contributed by atoms with van der Waals surface area (Å²) in [5, 5.41) is 2.82. The molecule has 3 aromatic rings. The van der Waals surface area contributed by atoms with Crippen molar-refractivity contribution in [1.29, 1.82) is 0 Å². The molecule has 0 saturated heterocycles. The summed E-state index contributed by atoms with van der Waals surface area (Å²) in [4.78, 5) is 15.8. The van der Waals surface area contributed by atoms with E-state index in [4.69, 9.17) is 0 Å². The van der Waals surface area contributed by atoms with Crippen LogP contribution >= 0.6 is 11.3 Å². The van der Waals surface area contributed by atoms with E-state index in [9.17, 15) is 31.1 Å². The number of halogens is 6. The van der Waals surface area contributed by atoms with Gasteiger partial charge in [0.15, 0.2) is 10.8 Å². The van der Waals surface area contributed by atoms with Gasteiger partial charge in [-0.1, -0.05) is 30.3 Å². The second kappa shape index (κ2) is 7.27. The number of thiazole rings is 1. The van der Waals surface area contributed by atoms with Gasteiger partial charge in [0.05, 0.1) is 5.56 Å². The van der Waals surface area contributed by atoms with Gasteiger partial charge in [-0.25, -0.2) is 4.98 Å². The molecule has 1 amide bonds. The number of aromatic nitrogens is 1. The number of anilines is 1. The fourth-order valence-corrected chi connectivity index (χ4v) is 3.11. The van der Waals surface area contributed by atoms with Gasteiger partial charge >= 0.3 is 12.4 Å². The van der Waals surface area contributed by atoms with Gasteiger partial charge in [0.2, 0.25) is 0 Å². The zero-order valence-corrected chi connectivity index (χ0v) is 14.5. The number of carbonyl (C=O) groups is 1. The van der Waals surface area contributed by atoms with E-state index in [0.717, 1.165) is 17.5 Å². The third-order valence-corrected chi connectivity index (χ3v) is 4.47. The minimum absolute atomic E-state index is 0.0889. The average molecular weight is 416 g/mol. The van der Waals surface area contributed by atoms with Crippen molar-refractivity contribution < 1.29 is 31.1 Å². The molecule has 3 rings (SSSR count). The first-order valence-electron chi connectivity index (χ1n) is 7.66. The van der Waals surface area contributed by atoms with Crippen LogP contribution in [-0.2, 0) is 12.4 Å². The van der Waals surface area contributed by atoms with E-state index >= 15 is 0 Å². The van der Waals surface area contributed by atoms with Crippen LogP contribution in [0.3, 0.4) is 0 Å². The van der Waals surface area contributed by atoms with Crippen LogP contribution in [-0.4, -0.2) is 10.9 Å². The molecule has 0 aliphatic carbocycles. The Bertz CT molecular complexity index is 992. The van der Waals surface area contributed by atoms with Crippen molar-refractivity contribution in [2.75, 3.05) is 5.32 Å². The van der Waals surface area contributed by atoms with Gasteiger partial charge in [-0.2, -0.15) is 26.3 Å². The van der Waals surface area contributed by atoms with Gasteiger partial charge in [-0.3, -0.25) is 10.1 Å². The van der Waals surface area contributed by atoms with E-state index in [-0.39, 0.29) is 10.7 Å². The summed E-state index contributed by atoms with van der Waals surface area (Å²) in [5.74, 6) is -0.724. The third-order valence-electron chi connectivity index (χ3n) is 3.71. The summed E-state index contributed by atoms with van der Waals surface area (Å²) in [6, 6.07) is 10.3. The first-order chi connectivity index (χ1) is 13.1. The van der Waals surface area contributed by atoms with Crippen LogP contribution in [0.4, 0.5) is 31.5 Å². The number of rotatable bonds is 3. The highest BCUT2D eigenvalue weighted by atomic mass is 32.1. The predicted octanol–water partition coefficient (Wildman–Crippen LogP) is 6.10. The molecule has 0 bridgehead atoms. The number of amides is 1. The fourth-order valence-electron chi connectivity index (χ4n) is 2.40. The molecule has 2 aromatic carbocycles. The molecule has 0 radical (unpaired) electrons. The number of alkyl halides is 6. The van der Waals surface area contributed by atoms with E-state index in [1.54, 1.807) is 6.07 Å². The van der Waals surface area contributed by atoms with Gasteiger partial charge < -0.3 is 0 Å². The zero-order chi connectivity index (χ0) is 20.5. The number of benzene rings is 2. The molecular formula is C18H10F6N2OS. The Morgan fingerprint density at radius 2 is 1.54 bits per heavy atom. The monoisotopic (exact) mass is 416 g/mol. The molecule has 0 atom stereocenters.